The van der Waals surface area contributed by atoms with Gasteiger partial charge in [0.05, 0.1) is 16.7 Å². The maximum atomic E-state index is 11.1. The normalized spacial score (nSPS) is 12.3. The van der Waals surface area contributed by atoms with Gasteiger partial charge in [-0.25, -0.2) is 19.2 Å². The third kappa shape index (κ3) is 4.66. The average Bonchev–Trinajstić information content (AvgIpc) is 2.34. The monoisotopic (exact) mass is 332 g/mol. The van der Waals surface area contributed by atoms with E-state index in [0.717, 1.165) is 0 Å². The third-order valence-electron chi connectivity index (χ3n) is 2.26. The van der Waals surface area contributed by atoms with Gasteiger partial charge < -0.3 is 30.6 Å². The zero-order valence-corrected chi connectivity index (χ0v) is 10.8. The topological polar surface area (TPSA) is 224 Å². The summed E-state index contributed by atoms with van der Waals surface area (Å²) in [4.78, 5) is 65.4. The van der Waals surface area contributed by atoms with Gasteiger partial charge in [-0.05, 0) is 0 Å². The van der Waals surface area contributed by atoms with Crippen LogP contribution < -0.4 is 0 Å². The van der Waals surface area contributed by atoms with E-state index in [1.807, 2.05) is 0 Å². The first-order valence-corrected chi connectivity index (χ1v) is 5.26. The second-order valence-electron chi connectivity index (χ2n) is 3.71. The lowest BCUT2D eigenvalue weighted by Gasteiger charge is -2.13. The van der Waals surface area contributed by atoms with Crippen LogP contribution in [0.3, 0.4) is 0 Å². The zero-order valence-electron chi connectivity index (χ0n) is 10.8. The van der Waals surface area contributed by atoms with Crippen molar-refractivity contribution in [1.82, 2.24) is 0 Å². The van der Waals surface area contributed by atoms with Crippen LogP contribution in [0.1, 0.15) is 0 Å². The summed E-state index contributed by atoms with van der Waals surface area (Å²) in [6.45, 7) is 0. The highest BCUT2D eigenvalue weighted by Crippen LogP contribution is 2.24. The van der Waals surface area contributed by atoms with Crippen molar-refractivity contribution in [3.05, 3.63) is 22.8 Å². The predicted octanol–water partition coefficient (Wildman–Crippen LogP) is -1.67. The van der Waals surface area contributed by atoms with Crippen molar-refractivity contribution in [2.24, 2.45) is 5.92 Å². The summed E-state index contributed by atoms with van der Waals surface area (Å²) in [6.07, 6.45) is -0.199. The molecule has 0 rings (SSSR count). The Morgan fingerprint density at radius 1 is 0.652 bits per heavy atom. The van der Waals surface area contributed by atoms with Crippen LogP contribution in [0.25, 0.3) is 0 Å². The van der Waals surface area contributed by atoms with E-state index in [0.29, 0.717) is 0 Å². The van der Waals surface area contributed by atoms with Crippen molar-refractivity contribution in [3.8, 4) is 0 Å². The van der Waals surface area contributed by atoms with Gasteiger partial charge in [-0.1, -0.05) is 0 Å². The van der Waals surface area contributed by atoms with Gasteiger partial charge in [-0.3, -0.25) is 9.59 Å². The van der Waals surface area contributed by atoms with E-state index in [1.165, 1.54) is 0 Å². The lowest BCUT2D eigenvalue weighted by atomic mass is 9.89. The molecule has 0 unspecified atom stereocenters. The first-order valence-electron chi connectivity index (χ1n) is 5.26. The highest BCUT2D eigenvalue weighted by atomic mass is 16.4. The lowest BCUT2D eigenvalue weighted by Crippen LogP contribution is -2.32. The molecule has 0 atom stereocenters. The van der Waals surface area contributed by atoms with Gasteiger partial charge in [0.15, 0.2) is 5.92 Å². The molecule has 23 heavy (non-hydrogen) atoms. The smallest absolute Gasteiger partial charge is 0.337 e. The van der Waals surface area contributed by atoms with Crippen LogP contribution in [-0.2, 0) is 28.8 Å². The summed E-state index contributed by atoms with van der Waals surface area (Å²) in [5, 5.41) is 52.6. The third-order valence-corrected chi connectivity index (χ3v) is 2.26. The second kappa shape index (κ2) is 7.35. The van der Waals surface area contributed by atoms with Crippen molar-refractivity contribution >= 4 is 35.8 Å². The van der Waals surface area contributed by atoms with Gasteiger partial charge in [-0.15, -0.1) is 0 Å². The van der Waals surface area contributed by atoms with E-state index in [9.17, 15) is 28.8 Å². The van der Waals surface area contributed by atoms with Crippen molar-refractivity contribution in [2.45, 2.75) is 0 Å². The molecule has 0 heterocycles. The quantitative estimate of drug-likeness (QED) is 0.167. The molecule has 0 fully saturated rings. The number of hydrogen-bond acceptors (Lipinski definition) is 6. The number of rotatable bonds is 8. The molecule has 12 nitrogen and oxygen atoms in total. The maximum absolute atomic E-state index is 11.1. The first-order chi connectivity index (χ1) is 10.4. The largest absolute Gasteiger partial charge is 0.480 e. The van der Waals surface area contributed by atoms with E-state index in [1.54, 1.807) is 0 Å². The minimum atomic E-state index is -2.94. The number of carboxylic acids is 6. The molecule has 0 aromatic carbocycles. The van der Waals surface area contributed by atoms with Crippen molar-refractivity contribution < 1.29 is 59.4 Å². The molecule has 0 radical (unpaired) electrons. The molecule has 0 amide bonds. The SMILES string of the molecule is O=C(O)C=C(C(=O)O)/C(C(=O)O)=C(/C(=O)O)C(C(=O)O)C(=O)O. The summed E-state index contributed by atoms with van der Waals surface area (Å²) < 4.78 is 0. The number of carboxylic acid groups (broad SMARTS) is 6. The average molecular weight is 332 g/mol. The fourth-order valence-electron chi connectivity index (χ4n) is 1.47. The Hall–Kier alpha value is -3.70. The van der Waals surface area contributed by atoms with Crippen LogP contribution in [-0.4, -0.2) is 66.5 Å². The Labute approximate surface area is 125 Å². The van der Waals surface area contributed by atoms with Gasteiger partial charge in [0, 0.05) is 6.08 Å². The number of hydrogen-bond donors (Lipinski definition) is 6. The van der Waals surface area contributed by atoms with E-state index < -0.39 is 58.5 Å². The minimum Gasteiger partial charge on any atom is -0.480 e. The van der Waals surface area contributed by atoms with E-state index in [4.69, 9.17) is 30.6 Å². The molecule has 0 aromatic heterocycles. The Morgan fingerprint density at radius 2 is 1.09 bits per heavy atom. The summed E-state index contributed by atoms with van der Waals surface area (Å²) in [5.41, 5.74) is -5.19. The van der Waals surface area contributed by atoms with Crippen LogP contribution in [0.4, 0.5) is 0 Å². The summed E-state index contributed by atoms with van der Waals surface area (Å²) in [7, 11) is 0. The highest BCUT2D eigenvalue weighted by molar-refractivity contribution is 6.16. The summed E-state index contributed by atoms with van der Waals surface area (Å²) >= 11 is 0. The van der Waals surface area contributed by atoms with Gasteiger partial charge in [0.25, 0.3) is 0 Å². The number of aliphatic carboxylic acids is 6. The number of carbonyl (C=O) groups is 6. The van der Waals surface area contributed by atoms with Crippen LogP contribution in [0.2, 0.25) is 0 Å². The summed E-state index contributed by atoms with van der Waals surface area (Å²) in [6, 6.07) is 0. The lowest BCUT2D eigenvalue weighted by molar-refractivity contribution is -0.155. The molecule has 0 aromatic rings. The second-order valence-corrected chi connectivity index (χ2v) is 3.71. The predicted molar refractivity (Wildman–Crippen MR) is 64.4 cm³/mol. The molecule has 0 aliphatic rings. The van der Waals surface area contributed by atoms with Crippen molar-refractivity contribution in [1.29, 1.82) is 0 Å². The van der Waals surface area contributed by atoms with Crippen LogP contribution in [0.15, 0.2) is 22.8 Å². The Bertz CT molecular complexity index is 650. The molecular formula is C11H8O12. The van der Waals surface area contributed by atoms with Crippen LogP contribution >= 0.6 is 0 Å². The van der Waals surface area contributed by atoms with Gasteiger partial charge in [0.1, 0.15) is 0 Å². The highest BCUT2D eigenvalue weighted by Gasteiger charge is 2.40. The summed E-state index contributed by atoms with van der Waals surface area (Å²) in [5.74, 6) is -16.4. The van der Waals surface area contributed by atoms with E-state index in [-0.39, 0.29) is 6.08 Å². The van der Waals surface area contributed by atoms with Crippen molar-refractivity contribution in [3.63, 3.8) is 0 Å². The van der Waals surface area contributed by atoms with Gasteiger partial charge in [-0.2, -0.15) is 0 Å². The van der Waals surface area contributed by atoms with Gasteiger partial charge in [0.2, 0.25) is 0 Å². The Morgan fingerprint density at radius 3 is 1.30 bits per heavy atom. The van der Waals surface area contributed by atoms with Gasteiger partial charge >= 0.3 is 35.8 Å². The Kier molecular flexibility index (Phi) is 6.17. The molecule has 124 valence electrons. The van der Waals surface area contributed by atoms with E-state index >= 15 is 0 Å². The minimum absolute atomic E-state index is 0.199. The first kappa shape index (κ1) is 19.3. The molecule has 0 saturated heterocycles. The molecule has 12 heteroatoms. The van der Waals surface area contributed by atoms with Crippen LogP contribution in [0, 0.1) is 5.92 Å². The molecule has 6 N–H and O–H groups in total. The fraction of sp³-hybridized carbons (Fsp3) is 0.0909. The molecule has 0 bridgehead atoms. The maximum Gasteiger partial charge on any atom is 0.337 e. The molecule has 0 saturated carbocycles. The molecule has 0 spiro atoms. The molecule has 0 aliphatic carbocycles. The standard InChI is InChI=1S/C11H8O12/c12-3(13)1-2(7(14)15)4(8(16)17)5(9(18)19)6(10(20)21)11(22)23/h1,6H,(H,12,13)(H,14,15)(H,16,17)(H,18,19)(H,20,21)(H,22,23)/b2-1?,5-4-. The Balaban J connectivity index is 6.98. The molecular weight excluding hydrogens is 324 g/mol. The molecule has 0 aliphatic heterocycles. The van der Waals surface area contributed by atoms with E-state index in [2.05, 4.69) is 0 Å². The van der Waals surface area contributed by atoms with Crippen LogP contribution in [0.5, 0.6) is 0 Å². The zero-order chi connectivity index (χ0) is 18.5. The van der Waals surface area contributed by atoms with Crippen molar-refractivity contribution in [2.75, 3.05) is 0 Å². The fourth-order valence-corrected chi connectivity index (χ4v) is 1.47.